The monoisotopic (exact) mass is 712 g/mol. The van der Waals surface area contributed by atoms with E-state index in [2.05, 4.69) is 41.0 Å². The van der Waals surface area contributed by atoms with Crippen molar-refractivity contribution in [1.82, 2.24) is 45.8 Å². The van der Waals surface area contributed by atoms with Gasteiger partial charge in [0.15, 0.2) is 5.82 Å². The molecule has 250 valence electrons. The third kappa shape index (κ3) is 7.04. The molecule has 0 radical (unpaired) electrons. The van der Waals surface area contributed by atoms with Crippen molar-refractivity contribution in [2.24, 2.45) is 0 Å². The highest BCUT2D eigenvalue weighted by Gasteiger charge is 2.75. The Labute approximate surface area is 267 Å². The smallest absolute Gasteiger partial charge is 0.452 e. The van der Waals surface area contributed by atoms with E-state index < -0.39 is 48.3 Å². The number of rotatable bonds is 8. The number of halogens is 9. The number of carbonyl (C=O) groups excluding carboxylic acids is 3. The number of nitrogens with one attached hydrogen (secondary N) is 3. The number of anilines is 1. The zero-order valence-electron chi connectivity index (χ0n) is 23.3. The molecule has 3 heterocycles. The zero-order chi connectivity index (χ0) is 34.9. The molecule has 0 atom stereocenters. The third-order valence-electron chi connectivity index (χ3n) is 5.97. The van der Waals surface area contributed by atoms with Crippen LogP contribution in [0.25, 0.3) is 5.82 Å². The molecule has 0 saturated heterocycles. The summed E-state index contributed by atoms with van der Waals surface area (Å²) in [7, 11) is 1.04. The van der Waals surface area contributed by atoms with Gasteiger partial charge in [-0.2, -0.15) is 40.6 Å². The summed E-state index contributed by atoms with van der Waals surface area (Å²) in [6.45, 7) is 0.710. The number of carbonyl (C=O) groups is 3. The summed E-state index contributed by atoms with van der Waals surface area (Å²) in [5, 5.41) is 15.4. The van der Waals surface area contributed by atoms with E-state index in [9.17, 15) is 45.1 Å². The zero-order valence-corrected chi connectivity index (χ0v) is 24.8. The van der Waals surface area contributed by atoms with Crippen LogP contribution < -0.4 is 16.2 Å². The Kier molecular flexibility index (Phi) is 9.62. The highest BCUT2D eigenvalue weighted by Crippen LogP contribution is 2.50. The summed E-state index contributed by atoms with van der Waals surface area (Å²) < 4.78 is 98.2. The van der Waals surface area contributed by atoms with Crippen molar-refractivity contribution in [3.63, 3.8) is 0 Å². The van der Waals surface area contributed by atoms with Gasteiger partial charge in [-0.3, -0.25) is 15.0 Å². The molecule has 0 aliphatic rings. The molecule has 14 nitrogen and oxygen atoms in total. The molecule has 0 fully saturated rings. The molecule has 1 aromatic carbocycles. The molecule has 0 unspecified atom stereocenters. The number of ether oxygens (including phenoxy) is 1. The normalized spacial score (nSPS) is 12.1. The molecule has 0 aliphatic heterocycles. The van der Waals surface area contributed by atoms with Crippen LogP contribution >= 0.6 is 23.2 Å². The minimum absolute atomic E-state index is 0.0389. The number of aryl methyl sites for hydroxylation is 1. The predicted octanol–water partition coefficient (Wildman–Crippen LogP) is 4.46. The molecule has 4 aromatic rings. The number of alkyl halides is 7. The van der Waals surface area contributed by atoms with Gasteiger partial charge in [0, 0.05) is 11.2 Å². The van der Waals surface area contributed by atoms with Crippen molar-refractivity contribution in [3.05, 3.63) is 74.9 Å². The van der Waals surface area contributed by atoms with E-state index in [0.29, 0.717) is 0 Å². The molecule has 3 N–H and O–H groups in total. The molecule has 0 spiro atoms. The maximum Gasteiger partial charge on any atom is 0.460 e. The number of aromatic nitrogens is 7. The van der Waals surface area contributed by atoms with Crippen molar-refractivity contribution < 1.29 is 49.9 Å². The molecule has 4 rings (SSSR count). The van der Waals surface area contributed by atoms with Crippen molar-refractivity contribution in [3.8, 4) is 5.82 Å². The highest BCUT2D eigenvalue weighted by molar-refractivity contribution is 6.32. The number of benzene rings is 1. The van der Waals surface area contributed by atoms with Gasteiger partial charge in [-0.15, -0.1) is 10.2 Å². The van der Waals surface area contributed by atoms with Gasteiger partial charge in [0.2, 0.25) is 0 Å². The van der Waals surface area contributed by atoms with E-state index in [0.717, 1.165) is 17.9 Å². The van der Waals surface area contributed by atoms with Gasteiger partial charge >= 0.3 is 24.1 Å². The number of hydrogen-bond donors (Lipinski definition) is 3. The van der Waals surface area contributed by atoms with Crippen molar-refractivity contribution >= 4 is 46.8 Å². The van der Waals surface area contributed by atoms with Crippen LogP contribution in [0.5, 0.6) is 0 Å². The topological polar surface area (TPSA) is 171 Å². The fraction of sp³-hybridized carbons (Fsp3) is 0.250. The standard InChI is InChI=1S/C24H17Cl2F7N10O4/c1-10-6-11(25)7-13(18(44)36-38-21(46)47-2)16(10)35-19(45)15-8-12(39-43(15)17-14(26)4-3-5-34-17)9-42-40-20(37-41-42)22(27,28)23(29,30)24(31,32)33/h3-8H,9H2,1-2H3,(H,35,45)(H,36,44)(H,38,46). The Bertz CT molecular complexity index is 1850. The van der Waals surface area contributed by atoms with Gasteiger partial charge in [-0.05, 0) is 48.0 Å². The Hall–Kier alpha value is -5.05. The first kappa shape index (κ1) is 34.8. The van der Waals surface area contributed by atoms with E-state index in [1.165, 1.54) is 37.4 Å². The first-order valence-corrected chi connectivity index (χ1v) is 13.2. The summed E-state index contributed by atoms with van der Waals surface area (Å²) in [5.41, 5.74) is 3.37. The van der Waals surface area contributed by atoms with Crippen molar-refractivity contribution in [2.45, 2.75) is 31.5 Å². The number of hydrogen-bond acceptors (Lipinski definition) is 9. The largest absolute Gasteiger partial charge is 0.460 e. The quantitative estimate of drug-likeness (QED) is 0.176. The second-order valence-electron chi connectivity index (χ2n) is 9.20. The van der Waals surface area contributed by atoms with Crippen molar-refractivity contribution in [1.29, 1.82) is 0 Å². The molecular formula is C24H17Cl2F7N10O4. The Balaban J connectivity index is 1.71. The lowest BCUT2D eigenvalue weighted by Gasteiger charge is -2.25. The van der Waals surface area contributed by atoms with Gasteiger partial charge < -0.3 is 10.1 Å². The van der Waals surface area contributed by atoms with E-state index in [1.807, 2.05) is 5.43 Å². The fourth-order valence-corrected chi connectivity index (χ4v) is 4.23. The lowest BCUT2D eigenvalue weighted by atomic mass is 10.1. The number of pyridine rings is 1. The van der Waals surface area contributed by atoms with Gasteiger partial charge in [0.05, 0.1) is 29.1 Å². The fourth-order valence-electron chi connectivity index (χ4n) is 3.75. The van der Waals surface area contributed by atoms with Crippen LogP contribution in [0, 0.1) is 6.92 Å². The summed E-state index contributed by atoms with van der Waals surface area (Å²) in [6.07, 6.45) is -6.37. The molecule has 0 aliphatic carbocycles. The van der Waals surface area contributed by atoms with E-state index >= 15 is 0 Å². The summed E-state index contributed by atoms with van der Waals surface area (Å²) in [6, 6.07) is 6.42. The third-order valence-corrected chi connectivity index (χ3v) is 6.48. The molecule has 0 bridgehead atoms. The lowest BCUT2D eigenvalue weighted by Crippen LogP contribution is -2.50. The van der Waals surface area contributed by atoms with E-state index in [4.69, 9.17) is 23.2 Å². The Morgan fingerprint density at radius 3 is 2.32 bits per heavy atom. The van der Waals surface area contributed by atoms with Gasteiger partial charge in [-0.1, -0.05) is 23.2 Å². The van der Waals surface area contributed by atoms with Gasteiger partial charge in [0.1, 0.15) is 12.2 Å². The molecule has 3 amide bonds. The van der Waals surface area contributed by atoms with Crippen LogP contribution in [0.15, 0.2) is 36.5 Å². The first-order chi connectivity index (χ1) is 21.9. The predicted molar refractivity (Wildman–Crippen MR) is 145 cm³/mol. The molecule has 3 aromatic heterocycles. The van der Waals surface area contributed by atoms with Crippen LogP contribution in [0.2, 0.25) is 10.0 Å². The number of tetrazole rings is 1. The Morgan fingerprint density at radius 2 is 1.68 bits per heavy atom. The maximum absolute atomic E-state index is 14.1. The second-order valence-corrected chi connectivity index (χ2v) is 10.0. The van der Waals surface area contributed by atoms with Crippen molar-refractivity contribution in [2.75, 3.05) is 12.4 Å². The van der Waals surface area contributed by atoms with Gasteiger partial charge in [-0.25, -0.2) is 19.9 Å². The Morgan fingerprint density at radius 1 is 0.979 bits per heavy atom. The van der Waals surface area contributed by atoms with Crippen LogP contribution in [0.3, 0.4) is 0 Å². The number of nitrogens with zero attached hydrogens (tertiary/aromatic N) is 7. The summed E-state index contributed by atoms with van der Waals surface area (Å²) in [5.74, 6) is -16.7. The molecule has 23 heteroatoms. The second kappa shape index (κ2) is 13.0. The summed E-state index contributed by atoms with van der Waals surface area (Å²) in [4.78, 5) is 42.1. The van der Waals surface area contributed by atoms with E-state index in [-0.39, 0.29) is 48.9 Å². The number of hydrazine groups is 1. The van der Waals surface area contributed by atoms with Crippen LogP contribution in [0.4, 0.5) is 41.2 Å². The highest BCUT2D eigenvalue weighted by atomic mass is 35.5. The minimum atomic E-state index is -6.63. The number of methoxy groups -OCH3 is 1. The van der Waals surface area contributed by atoms with Crippen LogP contribution in [-0.2, 0) is 17.2 Å². The molecule has 47 heavy (non-hydrogen) atoms. The average molecular weight is 713 g/mol. The van der Waals surface area contributed by atoms with Crippen LogP contribution in [0.1, 0.15) is 37.9 Å². The minimum Gasteiger partial charge on any atom is -0.452 e. The average Bonchev–Trinajstić information content (AvgIpc) is 3.64. The summed E-state index contributed by atoms with van der Waals surface area (Å²) >= 11 is 12.3. The number of amides is 3. The van der Waals surface area contributed by atoms with Crippen LogP contribution in [-0.4, -0.2) is 72.1 Å². The SMILES string of the molecule is COC(=O)NNC(=O)c1cc(Cl)cc(C)c1NC(=O)c1cc(Cn2nnc(C(F)(F)C(F)(F)C(F)(F)F)n2)nn1-c1ncccc1Cl. The lowest BCUT2D eigenvalue weighted by molar-refractivity contribution is -0.361. The first-order valence-electron chi connectivity index (χ1n) is 12.4. The maximum atomic E-state index is 14.1. The van der Waals surface area contributed by atoms with E-state index in [1.54, 1.807) is 0 Å². The molecular weight excluding hydrogens is 696 g/mol. The van der Waals surface area contributed by atoms with Gasteiger partial charge in [0.25, 0.3) is 17.6 Å². The molecule has 0 saturated carbocycles.